The first-order valence-corrected chi connectivity index (χ1v) is 6.30. The summed E-state index contributed by atoms with van der Waals surface area (Å²) in [5.41, 5.74) is 1.37. The van der Waals surface area contributed by atoms with Crippen LogP contribution in [0.25, 0.3) is 0 Å². The fourth-order valence-electron chi connectivity index (χ4n) is 1.58. The van der Waals surface area contributed by atoms with E-state index in [0.29, 0.717) is 16.8 Å². The molecule has 0 saturated carbocycles. The summed E-state index contributed by atoms with van der Waals surface area (Å²) in [5.74, 6) is -0.143. The molecule has 0 fully saturated rings. The number of anilines is 1. The monoisotopic (exact) mass is 260 g/mol. The third kappa shape index (κ3) is 3.03. The number of carbonyl (C=O) groups is 1. The van der Waals surface area contributed by atoms with Crippen LogP contribution in [0.2, 0.25) is 0 Å². The molecular formula is C13H10NO3S-. The summed E-state index contributed by atoms with van der Waals surface area (Å²) in [5, 5.41) is 0. The van der Waals surface area contributed by atoms with Crippen molar-refractivity contribution < 1.29 is 13.6 Å². The van der Waals surface area contributed by atoms with Gasteiger partial charge >= 0.3 is 0 Å². The number of hydrogen-bond acceptors (Lipinski definition) is 3. The van der Waals surface area contributed by atoms with Crippen molar-refractivity contribution in [3.05, 3.63) is 65.7 Å². The summed E-state index contributed by atoms with van der Waals surface area (Å²) in [6.07, 6.45) is 0. The molecular weight excluding hydrogens is 250 g/mol. The summed E-state index contributed by atoms with van der Waals surface area (Å²) in [7, 11) is 0. The molecule has 4 nitrogen and oxygen atoms in total. The van der Waals surface area contributed by atoms with E-state index in [-0.39, 0.29) is 5.78 Å². The zero-order valence-corrected chi connectivity index (χ0v) is 10.1. The Labute approximate surface area is 107 Å². The van der Waals surface area contributed by atoms with Gasteiger partial charge in [-0.25, -0.2) is 0 Å². The highest BCUT2D eigenvalue weighted by molar-refractivity contribution is 7.80. The molecule has 2 aromatic carbocycles. The highest BCUT2D eigenvalue weighted by atomic mass is 32.2. The number of nitrogens with one attached hydrogen (secondary N) is 1. The van der Waals surface area contributed by atoms with Gasteiger partial charge in [0.15, 0.2) is 5.78 Å². The van der Waals surface area contributed by atoms with Gasteiger partial charge in [-0.15, -0.1) is 0 Å². The van der Waals surface area contributed by atoms with Gasteiger partial charge in [0.1, 0.15) is 0 Å². The Kier molecular flexibility index (Phi) is 3.86. The first kappa shape index (κ1) is 12.5. The minimum absolute atomic E-state index is 0.143. The second-order valence-corrected chi connectivity index (χ2v) is 4.29. The van der Waals surface area contributed by atoms with Crippen LogP contribution >= 0.6 is 0 Å². The summed E-state index contributed by atoms with van der Waals surface area (Å²) in [6.45, 7) is 0. The van der Waals surface area contributed by atoms with Gasteiger partial charge in [-0.3, -0.25) is 9.00 Å². The van der Waals surface area contributed by atoms with E-state index in [1.54, 1.807) is 42.5 Å². The molecule has 18 heavy (non-hydrogen) atoms. The molecule has 2 rings (SSSR count). The number of ketones is 1. The summed E-state index contributed by atoms with van der Waals surface area (Å²) < 4.78 is 23.3. The van der Waals surface area contributed by atoms with Crippen LogP contribution in [0.15, 0.2) is 54.6 Å². The van der Waals surface area contributed by atoms with E-state index in [1.165, 1.54) is 6.07 Å². The third-order valence-electron chi connectivity index (χ3n) is 2.36. The van der Waals surface area contributed by atoms with Crippen LogP contribution < -0.4 is 4.72 Å². The molecule has 2 aromatic rings. The predicted molar refractivity (Wildman–Crippen MR) is 68.9 cm³/mol. The first-order valence-electron chi connectivity index (χ1n) is 5.22. The lowest BCUT2D eigenvalue weighted by atomic mass is 10.0. The van der Waals surface area contributed by atoms with Crippen LogP contribution in [-0.2, 0) is 11.3 Å². The fourth-order valence-corrected chi connectivity index (χ4v) is 1.90. The van der Waals surface area contributed by atoms with Gasteiger partial charge in [-0.1, -0.05) is 42.5 Å². The fraction of sp³-hybridized carbons (Fsp3) is 0. The average molecular weight is 260 g/mol. The minimum Gasteiger partial charge on any atom is -0.755 e. The van der Waals surface area contributed by atoms with Gasteiger partial charge in [0.05, 0.1) is 0 Å². The minimum atomic E-state index is -2.39. The van der Waals surface area contributed by atoms with Crippen molar-refractivity contribution in [3.8, 4) is 0 Å². The van der Waals surface area contributed by atoms with E-state index in [0.717, 1.165) is 0 Å². The molecule has 0 radical (unpaired) electrons. The predicted octanol–water partition coefficient (Wildman–Crippen LogP) is 2.12. The lowest BCUT2D eigenvalue weighted by Gasteiger charge is -2.09. The molecule has 5 heteroatoms. The standard InChI is InChI=1S/C13H11NO3S/c15-13(10-5-2-1-3-6-10)11-7-4-8-12(9-11)14-18(16)17/h1-9,14H,(H,16,17)/p-1. The van der Waals surface area contributed by atoms with Gasteiger partial charge in [-0.2, -0.15) is 0 Å². The van der Waals surface area contributed by atoms with Crippen LogP contribution in [-0.4, -0.2) is 14.5 Å². The highest BCUT2D eigenvalue weighted by Crippen LogP contribution is 2.15. The molecule has 0 aliphatic carbocycles. The summed E-state index contributed by atoms with van der Waals surface area (Å²) >= 11 is -2.39. The zero-order valence-electron chi connectivity index (χ0n) is 9.33. The number of rotatable bonds is 4. The molecule has 0 bridgehead atoms. The lowest BCUT2D eigenvalue weighted by molar-refractivity contribution is 0.103. The second kappa shape index (κ2) is 5.57. The Morgan fingerprint density at radius 2 is 1.67 bits per heavy atom. The van der Waals surface area contributed by atoms with Crippen molar-refractivity contribution in [2.75, 3.05) is 4.72 Å². The lowest BCUT2D eigenvalue weighted by Crippen LogP contribution is -2.05. The molecule has 1 unspecified atom stereocenters. The highest BCUT2D eigenvalue weighted by Gasteiger charge is 2.08. The van der Waals surface area contributed by atoms with Crippen LogP contribution in [0.4, 0.5) is 5.69 Å². The van der Waals surface area contributed by atoms with Crippen LogP contribution in [0.5, 0.6) is 0 Å². The van der Waals surface area contributed by atoms with Gasteiger partial charge in [0.2, 0.25) is 0 Å². The number of carbonyl (C=O) groups excluding carboxylic acids is 1. The Balaban J connectivity index is 2.29. The molecule has 92 valence electrons. The molecule has 0 spiro atoms. The molecule has 0 aliphatic heterocycles. The topological polar surface area (TPSA) is 69.2 Å². The van der Waals surface area contributed by atoms with Crippen LogP contribution in [0.1, 0.15) is 15.9 Å². The van der Waals surface area contributed by atoms with Crippen molar-refractivity contribution >= 4 is 22.7 Å². The van der Waals surface area contributed by atoms with Crippen LogP contribution in [0.3, 0.4) is 0 Å². The molecule has 0 saturated heterocycles. The van der Waals surface area contributed by atoms with E-state index in [2.05, 4.69) is 4.72 Å². The van der Waals surface area contributed by atoms with Gasteiger partial charge in [0, 0.05) is 28.1 Å². The van der Waals surface area contributed by atoms with E-state index >= 15 is 0 Å². The zero-order chi connectivity index (χ0) is 13.0. The summed E-state index contributed by atoms with van der Waals surface area (Å²) in [4.78, 5) is 12.1. The van der Waals surface area contributed by atoms with Crippen molar-refractivity contribution in [1.82, 2.24) is 0 Å². The van der Waals surface area contributed by atoms with Crippen molar-refractivity contribution in [3.63, 3.8) is 0 Å². The molecule has 0 aromatic heterocycles. The quantitative estimate of drug-likeness (QED) is 0.676. The normalized spacial score (nSPS) is 11.8. The molecule has 1 atom stereocenters. The van der Waals surface area contributed by atoms with Gasteiger partial charge < -0.3 is 9.27 Å². The SMILES string of the molecule is O=C(c1ccccc1)c1cccc(NS(=O)[O-])c1. The Bertz CT molecular complexity index is 584. The third-order valence-corrected chi connectivity index (χ3v) is 2.76. The van der Waals surface area contributed by atoms with E-state index < -0.39 is 11.3 Å². The second-order valence-electron chi connectivity index (χ2n) is 3.61. The molecule has 0 amide bonds. The molecule has 1 N–H and O–H groups in total. The smallest absolute Gasteiger partial charge is 0.193 e. The average Bonchev–Trinajstić information content (AvgIpc) is 2.38. The van der Waals surface area contributed by atoms with Crippen molar-refractivity contribution in [2.24, 2.45) is 0 Å². The largest absolute Gasteiger partial charge is 0.755 e. The first-order chi connectivity index (χ1) is 8.66. The maximum Gasteiger partial charge on any atom is 0.193 e. The number of hydrogen-bond donors (Lipinski definition) is 1. The Morgan fingerprint density at radius 3 is 2.33 bits per heavy atom. The van der Waals surface area contributed by atoms with Gasteiger partial charge in [0.25, 0.3) is 0 Å². The summed E-state index contributed by atoms with van der Waals surface area (Å²) in [6, 6.07) is 15.2. The maximum absolute atomic E-state index is 12.1. The van der Waals surface area contributed by atoms with Gasteiger partial charge in [-0.05, 0) is 12.1 Å². The van der Waals surface area contributed by atoms with Crippen molar-refractivity contribution in [1.29, 1.82) is 0 Å². The van der Waals surface area contributed by atoms with E-state index in [9.17, 15) is 13.6 Å². The van der Waals surface area contributed by atoms with Crippen molar-refractivity contribution in [2.45, 2.75) is 0 Å². The van der Waals surface area contributed by atoms with E-state index in [1.807, 2.05) is 6.07 Å². The molecule has 0 aliphatic rings. The number of benzene rings is 2. The van der Waals surface area contributed by atoms with E-state index in [4.69, 9.17) is 0 Å². The van der Waals surface area contributed by atoms with Crippen LogP contribution in [0, 0.1) is 0 Å². The Morgan fingerprint density at radius 1 is 1.00 bits per heavy atom. The Hall–Kier alpha value is -1.98. The molecule has 0 heterocycles. The maximum atomic E-state index is 12.1.